The highest BCUT2D eigenvalue weighted by atomic mass is 31.2. The van der Waals surface area contributed by atoms with Crippen LogP contribution in [0.25, 0.3) is 0 Å². The molecule has 3 rings (SSSR count). The minimum Gasteiger partial charge on any atom is -0.347 e. The number of rotatable bonds is 5. The lowest BCUT2D eigenvalue weighted by molar-refractivity contribution is -0.273. The fourth-order valence-corrected chi connectivity index (χ4v) is 7.48. The minimum atomic E-state index is -3.50. The van der Waals surface area contributed by atoms with Crippen LogP contribution in [0.3, 0.4) is 0 Å². The van der Waals surface area contributed by atoms with Gasteiger partial charge in [0.15, 0.2) is 5.79 Å². The molecule has 2 saturated carbocycles. The number of Topliss-reactive ketones (excluding diaryl/α,β-unsaturated/α-hetero) is 1. The number of ketones is 1. The molecule has 1 aliphatic heterocycles. The molecule has 0 amide bonds. The third-order valence-corrected chi connectivity index (χ3v) is 8.59. The second-order valence-electron chi connectivity index (χ2n) is 7.15. The summed E-state index contributed by atoms with van der Waals surface area (Å²) in [6.45, 7) is 7.38. The van der Waals surface area contributed by atoms with E-state index in [1.54, 1.807) is 13.8 Å². The molecule has 0 radical (unpaired) electrons. The van der Waals surface area contributed by atoms with Crippen LogP contribution >= 0.6 is 7.60 Å². The first-order valence-electron chi connectivity index (χ1n) is 9.12. The molecule has 6 nitrogen and oxygen atoms in total. The van der Waals surface area contributed by atoms with Gasteiger partial charge in [0.1, 0.15) is 11.4 Å². The Bertz CT molecular complexity index is 519. The van der Waals surface area contributed by atoms with Gasteiger partial charge in [-0.25, -0.2) is 0 Å². The Morgan fingerprint density at radius 2 is 1.79 bits per heavy atom. The van der Waals surface area contributed by atoms with E-state index >= 15 is 0 Å². The second-order valence-corrected chi connectivity index (χ2v) is 9.30. The topological polar surface area (TPSA) is 71.1 Å². The molecule has 0 aromatic rings. The lowest BCUT2D eigenvalue weighted by Gasteiger charge is -2.56. The van der Waals surface area contributed by atoms with Gasteiger partial charge in [0.05, 0.1) is 26.4 Å². The van der Waals surface area contributed by atoms with Gasteiger partial charge in [-0.05, 0) is 39.0 Å². The van der Waals surface area contributed by atoms with Crippen LogP contribution in [0.1, 0.15) is 52.9 Å². The van der Waals surface area contributed by atoms with Crippen LogP contribution in [0, 0.1) is 11.3 Å². The average molecular weight is 360 g/mol. The molecule has 3 atom stereocenters. The highest BCUT2D eigenvalue weighted by Gasteiger charge is 2.65. The number of carbonyl (C=O) groups excluding carboxylic acids is 1. The molecular weight excluding hydrogens is 331 g/mol. The number of hydrogen-bond acceptors (Lipinski definition) is 6. The van der Waals surface area contributed by atoms with E-state index in [2.05, 4.69) is 6.92 Å². The molecular formula is C17H29O6P. The van der Waals surface area contributed by atoms with Crippen molar-refractivity contribution in [1.29, 1.82) is 0 Å². The van der Waals surface area contributed by atoms with Crippen molar-refractivity contribution in [3.63, 3.8) is 0 Å². The summed E-state index contributed by atoms with van der Waals surface area (Å²) in [5, 5.41) is 0. The van der Waals surface area contributed by atoms with E-state index in [0.29, 0.717) is 26.1 Å². The molecule has 24 heavy (non-hydrogen) atoms. The standard InChI is InChI=1S/C17H29O6P/c1-4-22-24(19,23-5-2)15-13-7-6-9-17(20-11-12-21-17)16(13,3)10-8-14(15)18/h13,15H,4-12H2,1-3H3/t13-,15?,16+/m1/s1. The third kappa shape index (κ3) is 2.71. The number of fused-ring (bicyclic) bond motifs is 2. The van der Waals surface area contributed by atoms with E-state index in [1.807, 2.05) is 0 Å². The Kier molecular flexibility index (Phi) is 5.25. The van der Waals surface area contributed by atoms with E-state index < -0.39 is 19.0 Å². The lowest BCUT2D eigenvalue weighted by atomic mass is 9.56. The highest BCUT2D eigenvalue weighted by molar-refractivity contribution is 7.55. The monoisotopic (exact) mass is 360 g/mol. The van der Waals surface area contributed by atoms with Gasteiger partial charge in [-0.15, -0.1) is 0 Å². The Morgan fingerprint density at radius 3 is 2.38 bits per heavy atom. The van der Waals surface area contributed by atoms with Gasteiger partial charge < -0.3 is 18.5 Å². The van der Waals surface area contributed by atoms with Crippen molar-refractivity contribution in [2.75, 3.05) is 26.4 Å². The maximum Gasteiger partial charge on any atom is 0.341 e. The Balaban J connectivity index is 2.00. The summed E-state index contributed by atoms with van der Waals surface area (Å²) < 4.78 is 36.7. The maximum atomic E-state index is 13.4. The highest BCUT2D eigenvalue weighted by Crippen LogP contribution is 2.66. The average Bonchev–Trinajstić information content (AvgIpc) is 3.00. The fraction of sp³-hybridized carbons (Fsp3) is 0.941. The normalized spacial score (nSPS) is 36.0. The van der Waals surface area contributed by atoms with Gasteiger partial charge in [-0.1, -0.05) is 6.92 Å². The molecule has 0 N–H and O–H groups in total. The molecule has 3 fully saturated rings. The second kappa shape index (κ2) is 6.81. The summed E-state index contributed by atoms with van der Waals surface area (Å²) in [6, 6.07) is 0. The quantitative estimate of drug-likeness (QED) is 0.699. The van der Waals surface area contributed by atoms with Crippen LogP contribution in [0.2, 0.25) is 0 Å². The van der Waals surface area contributed by atoms with Gasteiger partial charge in [0.25, 0.3) is 0 Å². The van der Waals surface area contributed by atoms with Crippen LogP contribution in [0.4, 0.5) is 0 Å². The predicted molar refractivity (Wildman–Crippen MR) is 89.0 cm³/mol. The Labute approximate surface area is 144 Å². The number of hydrogen-bond donors (Lipinski definition) is 0. The van der Waals surface area contributed by atoms with Gasteiger partial charge in [0, 0.05) is 18.3 Å². The fourth-order valence-electron chi connectivity index (χ4n) is 4.96. The van der Waals surface area contributed by atoms with E-state index in [0.717, 1.165) is 19.3 Å². The van der Waals surface area contributed by atoms with Crippen molar-refractivity contribution in [2.24, 2.45) is 11.3 Å². The van der Waals surface area contributed by atoms with E-state index in [1.165, 1.54) is 0 Å². The van der Waals surface area contributed by atoms with Crippen molar-refractivity contribution in [2.45, 2.75) is 64.3 Å². The molecule has 0 bridgehead atoms. The van der Waals surface area contributed by atoms with Crippen LogP contribution < -0.4 is 0 Å². The minimum absolute atomic E-state index is 0.00208. The zero-order valence-electron chi connectivity index (χ0n) is 14.9. The summed E-state index contributed by atoms with van der Waals surface area (Å²) >= 11 is 0. The molecule has 1 spiro atoms. The first kappa shape index (κ1) is 18.5. The van der Waals surface area contributed by atoms with Crippen LogP contribution in [0.5, 0.6) is 0 Å². The molecule has 138 valence electrons. The summed E-state index contributed by atoms with van der Waals surface area (Å²) in [5.41, 5.74) is -1.05. The molecule has 1 heterocycles. The summed E-state index contributed by atoms with van der Waals surface area (Å²) in [6.07, 6.45) is 3.61. The number of carbonyl (C=O) groups is 1. The van der Waals surface area contributed by atoms with Crippen molar-refractivity contribution in [1.82, 2.24) is 0 Å². The van der Waals surface area contributed by atoms with Crippen molar-refractivity contribution in [3.8, 4) is 0 Å². The summed E-state index contributed by atoms with van der Waals surface area (Å²) in [5.74, 6) is -0.759. The van der Waals surface area contributed by atoms with Gasteiger partial charge >= 0.3 is 7.60 Å². The first-order chi connectivity index (χ1) is 11.4. The summed E-state index contributed by atoms with van der Waals surface area (Å²) in [4.78, 5) is 12.8. The first-order valence-corrected chi connectivity index (χ1v) is 10.7. The van der Waals surface area contributed by atoms with E-state index in [4.69, 9.17) is 18.5 Å². The Hall–Kier alpha value is -0.260. The van der Waals surface area contributed by atoms with Gasteiger partial charge in [-0.2, -0.15) is 0 Å². The molecule has 1 saturated heterocycles. The maximum absolute atomic E-state index is 13.4. The molecule has 1 unspecified atom stereocenters. The van der Waals surface area contributed by atoms with Gasteiger partial charge in [0.2, 0.25) is 0 Å². The SMILES string of the molecule is CCOP(=O)(OCC)C1C(=O)CC[C@@]2(C)[C@@H]1CCCC21OCCO1. The lowest BCUT2D eigenvalue weighted by Crippen LogP contribution is -2.60. The molecule has 2 aliphatic carbocycles. The van der Waals surface area contributed by atoms with E-state index in [9.17, 15) is 9.36 Å². The Morgan fingerprint density at radius 1 is 1.17 bits per heavy atom. The van der Waals surface area contributed by atoms with Crippen molar-refractivity contribution >= 4 is 13.4 Å². The predicted octanol–water partition coefficient (Wildman–Crippen LogP) is 3.53. The van der Waals surface area contributed by atoms with Gasteiger partial charge in [-0.3, -0.25) is 9.36 Å². The van der Waals surface area contributed by atoms with Crippen LogP contribution in [-0.4, -0.2) is 43.7 Å². The van der Waals surface area contributed by atoms with Crippen molar-refractivity contribution < 1.29 is 27.9 Å². The van der Waals surface area contributed by atoms with Crippen LogP contribution in [-0.2, 0) is 27.9 Å². The van der Waals surface area contributed by atoms with Crippen LogP contribution in [0.15, 0.2) is 0 Å². The molecule has 0 aromatic heterocycles. The molecule has 3 aliphatic rings. The summed E-state index contributed by atoms with van der Waals surface area (Å²) in [7, 11) is -3.50. The zero-order valence-corrected chi connectivity index (χ0v) is 15.8. The largest absolute Gasteiger partial charge is 0.347 e. The zero-order chi connectivity index (χ0) is 17.4. The van der Waals surface area contributed by atoms with E-state index in [-0.39, 0.29) is 30.3 Å². The smallest absolute Gasteiger partial charge is 0.341 e. The molecule has 0 aromatic carbocycles. The number of ether oxygens (including phenoxy) is 2. The third-order valence-electron chi connectivity index (χ3n) is 6.02. The van der Waals surface area contributed by atoms with Crippen molar-refractivity contribution in [3.05, 3.63) is 0 Å². The molecule has 7 heteroatoms.